The number of fused-ring (bicyclic) bond motifs is 1. The van der Waals surface area contributed by atoms with E-state index in [-0.39, 0.29) is 29.6 Å². The Bertz CT molecular complexity index is 545. The molecular weight excluding hydrogens is 286 g/mol. The molecular formula is C15H23N3O4. The Kier molecular flexibility index (Phi) is 3.74. The summed E-state index contributed by atoms with van der Waals surface area (Å²) in [7, 11) is 0. The van der Waals surface area contributed by atoms with E-state index in [2.05, 4.69) is 4.90 Å². The monoisotopic (exact) mass is 309 g/mol. The van der Waals surface area contributed by atoms with Crippen LogP contribution < -0.4 is 5.73 Å². The third kappa shape index (κ3) is 2.15. The number of rotatable bonds is 4. The average molecular weight is 309 g/mol. The van der Waals surface area contributed by atoms with Crippen LogP contribution in [0.3, 0.4) is 0 Å². The van der Waals surface area contributed by atoms with Gasteiger partial charge >= 0.3 is 5.97 Å². The summed E-state index contributed by atoms with van der Waals surface area (Å²) in [5.74, 6) is -1.90. The Morgan fingerprint density at radius 3 is 2.68 bits per heavy atom. The second-order valence-electron chi connectivity index (χ2n) is 6.72. The highest BCUT2D eigenvalue weighted by molar-refractivity contribution is 6.00. The van der Waals surface area contributed by atoms with E-state index in [4.69, 9.17) is 5.73 Å². The molecule has 0 aromatic heterocycles. The zero-order valence-electron chi connectivity index (χ0n) is 12.9. The van der Waals surface area contributed by atoms with Gasteiger partial charge in [0.05, 0.1) is 18.1 Å². The molecule has 3 aliphatic heterocycles. The molecule has 3 aliphatic rings. The van der Waals surface area contributed by atoms with Crippen LogP contribution in [0.25, 0.3) is 0 Å². The van der Waals surface area contributed by atoms with E-state index < -0.39 is 18.0 Å². The highest BCUT2D eigenvalue weighted by Crippen LogP contribution is 2.47. The predicted octanol–water partition coefficient (Wildman–Crippen LogP) is -0.784. The average Bonchev–Trinajstić information content (AvgIpc) is 2.92. The number of hydrogen-bond acceptors (Lipinski definition) is 5. The third-order valence-corrected chi connectivity index (χ3v) is 5.22. The molecule has 0 aromatic rings. The van der Waals surface area contributed by atoms with Crippen molar-refractivity contribution in [3.63, 3.8) is 0 Å². The van der Waals surface area contributed by atoms with Gasteiger partial charge in [-0.1, -0.05) is 6.92 Å². The fourth-order valence-electron chi connectivity index (χ4n) is 4.10. The van der Waals surface area contributed by atoms with Crippen molar-refractivity contribution >= 4 is 11.9 Å². The predicted molar refractivity (Wildman–Crippen MR) is 78.7 cm³/mol. The van der Waals surface area contributed by atoms with Crippen LogP contribution in [0.2, 0.25) is 0 Å². The van der Waals surface area contributed by atoms with Crippen molar-refractivity contribution in [1.82, 2.24) is 9.80 Å². The van der Waals surface area contributed by atoms with Gasteiger partial charge in [-0.2, -0.15) is 0 Å². The Morgan fingerprint density at radius 2 is 2.18 bits per heavy atom. The van der Waals surface area contributed by atoms with E-state index in [0.717, 1.165) is 25.1 Å². The van der Waals surface area contributed by atoms with Crippen LogP contribution in [0.15, 0.2) is 11.3 Å². The smallest absolute Gasteiger partial charge is 0.352 e. The fraction of sp³-hybridized carbons (Fsp3) is 0.733. The number of aliphatic hydroxyl groups is 1. The molecule has 2 saturated heterocycles. The minimum absolute atomic E-state index is 0.0553. The molecule has 7 nitrogen and oxygen atoms in total. The number of amides is 1. The molecule has 0 bridgehead atoms. The van der Waals surface area contributed by atoms with Gasteiger partial charge in [0.25, 0.3) is 0 Å². The fourth-order valence-corrected chi connectivity index (χ4v) is 4.10. The molecule has 22 heavy (non-hydrogen) atoms. The van der Waals surface area contributed by atoms with Crippen molar-refractivity contribution in [1.29, 1.82) is 0 Å². The molecule has 2 fully saturated rings. The molecule has 3 rings (SSSR count). The lowest BCUT2D eigenvalue weighted by molar-refractivity contribution is -0.163. The molecule has 7 heteroatoms. The third-order valence-electron chi connectivity index (χ3n) is 5.22. The van der Waals surface area contributed by atoms with Crippen LogP contribution >= 0.6 is 0 Å². The van der Waals surface area contributed by atoms with Crippen LogP contribution in [-0.4, -0.2) is 69.7 Å². The number of carbonyl (C=O) groups is 2. The van der Waals surface area contributed by atoms with Gasteiger partial charge in [-0.05, 0) is 18.9 Å². The summed E-state index contributed by atoms with van der Waals surface area (Å²) in [5.41, 5.74) is 6.80. The molecule has 3 heterocycles. The van der Waals surface area contributed by atoms with Gasteiger partial charge in [-0.25, -0.2) is 4.79 Å². The first-order valence-electron chi connectivity index (χ1n) is 7.78. The lowest BCUT2D eigenvalue weighted by atomic mass is 9.77. The van der Waals surface area contributed by atoms with Gasteiger partial charge in [-0.3, -0.25) is 9.69 Å². The minimum Gasteiger partial charge on any atom is -0.477 e. The SMILES string of the molecule is C[C@@H](O)[C@H]1C(=O)N2C(C(=O)O)=C(CN3CC[C@@H](N)C3)[C@H](C)[C@H]12. The largest absolute Gasteiger partial charge is 0.477 e. The van der Waals surface area contributed by atoms with Crippen molar-refractivity contribution in [2.45, 2.75) is 38.5 Å². The molecule has 1 amide bonds. The number of aliphatic carboxylic acids is 1. The molecule has 122 valence electrons. The number of hydrogen-bond donors (Lipinski definition) is 3. The van der Waals surface area contributed by atoms with Crippen LogP contribution in [0, 0.1) is 11.8 Å². The quantitative estimate of drug-likeness (QED) is 0.588. The highest BCUT2D eigenvalue weighted by atomic mass is 16.4. The van der Waals surface area contributed by atoms with Gasteiger partial charge in [0.2, 0.25) is 5.91 Å². The number of likely N-dealkylation sites (tertiary alicyclic amines) is 1. The van der Waals surface area contributed by atoms with Gasteiger partial charge < -0.3 is 20.8 Å². The first kappa shape index (κ1) is 15.5. The van der Waals surface area contributed by atoms with Crippen LogP contribution in [0.4, 0.5) is 0 Å². The van der Waals surface area contributed by atoms with Gasteiger partial charge in [-0.15, -0.1) is 0 Å². The van der Waals surface area contributed by atoms with Crippen LogP contribution in [0.1, 0.15) is 20.3 Å². The summed E-state index contributed by atoms with van der Waals surface area (Å²) >= 11 is 0. The molecule has 5 atom stereocenters. The minimum atomic E-state index is -1.06. The normalized spacial score (nSPS) is 36.5. The zero-order chi connectivity index (χ0) is 16.2. The summed E-state index contributed by atoms with van der Waals surface area (Å²) in [6, 6.07) is -0.0978. The van der Waals surface area contributed by atoms with E-state index in [0.29, 0.717) is 6.54 Å². The summed E-state index contributed by atoms with van der Waals surface area (Å²) in [5, 5.41) is 19.3. The molecule has 0 spiro atoms. The van der Waals surface area contributed by atoms with Crippen molar-refractivity contribution < 1.29 is 19.8 Å². The van der Waals surface area contributed by atoms with E-state index in [1.165, 1.54) is 4.90 Å². The second kappa shape index (κ2) is 5.33. The first-order chi connectivity index (χ1) is 10.3. The molecule has 0 radical (unpaired) electrons. The summed E-state index contributed by atoms with van der Waals surface area (Å²) in [6.45, 7) is 5.67. The Hall–Kier alpha value is -1.44. The number of aliphatic hydroxyl groups excluding tert-OH is 1. The lowest BCUT2D eigenvalue weighted by Gasteiger charge is -2.46. The number of nitrogens with two attached hydrogens (primary N) is 1. The van der Waals surface area contributed by atoms with Gasteiger partial charge in [0.1, 0.15) is 5.70 Å². The van der Waals surface area contributed by atoms with E-state index >= 15 is 0 Å². The molecule has 0 aliphatic carbocycles. The summed E-state index contributed by atoms with van der Waals surface area (Å²) < 4.78 is 0. The standard InChI is InChI=1S/C15H23N3O4/c1-7-10(6-17-4-3-9(16)5-17)13(15(21)22)18-12(7)11(8(2)19)14(18)20/h7-9,11-12,19H,3-6,16H2,1-2H3,(H,21,22)/t7-,8+,9+,11+,12+/m0/s1. The second-order valence-corrected chi connectivity index (χ2v) is 6.72. The maximum absolute atomic E-state index is 12.2. The number of nitrogens with zero attached hydrogens (tertiary/aromatic N) is 2. The van der Waals surface area contributed by atoms with Crippen LogP contribution in [-0.2, 0) is 9.59 Å². The summed E-state index contributed by atoms with van der Waals surface area (Å²) in [6.07, 6.45) is 0.151. The maximum atomic E-state index is 12.2. The van der Waals surface area contributed by atoms with E-state index in [1.54, 1.807) is 6.92 Å². The lowest BCUT2D eigenvalue weighted by Crippen LogP contribution is -2.63. The maximum Gasteiger partial charge on any atom is 0.352 e. The van der Waals surface area contributed by atoms with Crippen molar-refractivity contribution in [3.05, 3.63) is 11.3 Å². The number of carbonyl (C=O) groups excluding carboxylic acids is 1. The van der Waals surface area contributed by atoms with E-state index in [1.807, 2.05) is 6.92 Å². The Morgan fingerprint density at radius 1 is 1.50 bits per heavy atom. The van der Waals surface area contributed by atoms with Crippen LogP contribution in [0.5, 0.6) is 0 Å². The topological polar surface area (TPSA) is 107 Å². The molecule has 0 aromatic carbocycles. The molecule has 4 N–H and O–H groups in total. The molecule has 0 unspecified atom stereocenters. The van der Waals surface area contributed by atoms with Crippen molar-refractivity contribution in [2.75, 3.05) is 19.6 Å². The zero-order valence-corrected chi connectivity index (χ0v) is 12.9. The van der Waals surface area contributed by atoms with Gasteiger partial charge in [0, 0.05) is 31.6 Å². The first-order valence-corrected chi connectivity index (χ1v) is 7.78. The van der Waals surface area contributed by atoms with E-state index in [9.17, 15) is 19.8 Å². The van der Waals surface area contributed by atoms with Crippen molar-refractivity contribution in [2.24, 2.45) is 17.6 Å². The molecule has 0 saturated carbocycles. The Balaban J connectivity index is 1.87. The summed E-state index contributed by atoms with van der Waals surface area (Å²) in [4.78, 5) is 27.4. The Labute approximate surface area is 129 Å². The number of carboxylic acid groups (broad SMARTS) is 1. The van der Waals surface area contributed by atoms with Crippen molar-refractivity contribution in [3.8, 4) is 0 Å². The number of carboxylic acids is 1. The highest BCUT2D eigenvalue weighted by Gasteiger charge is 2.59. The van der Waals surface area contributed by atoms with Gasteiger partial charge in [0.15, 0.2) is 0 Å². The number of β-lactam (4-membered cyclic amide) rings is 1.